The van der Waals surface area contributed by atoms with E-state index in [0.29, 0.717) is 22.8 Å². The van der Waals surface area contributed by atoms with Crippen LogP contribution in [0.2, 0.25) is 5.02 Å². The zero-order chi connectivity index (χ0) is 9.84. The Bertz CT molecular complexity index is 312. The molecular formula is C9H10ClNO2. The zero-order valence-corrected chi connectivity index (χ0v) is 8.21. The van der Waals surface area contributed by atoms with Gasteiger partial charge in [0.2, 0.25) is 5.88 Å². The highest BCUT2D eigenvalue weighted by atomic mass is 35.5. The Kier molecular flexibility index (Phi) is 3.25. The molecule has 13 heavy (non-hydrogen) atoms. The summed E-state index contributed by atoms with van der Waals surface area (Å²) in [5.41, 5.74) is 0.445. The monoisotopic (exact) mass is 199 g/mol. The molecule has 0 aliphatic rings. The van der Waals surface area contributed by atoms with Gasteiger partial charge >= 0.3 is 0 Å². The van der Waals surface area contributed by atoms with E-state index in [4.69, 9.17) is 16.3 Å². The van der Waals surface area contributed by atoms with E-state index in [1.165, 1.54) is 12.3 Å². The first-order valence-corrected chi connectivity index (χ1v) is 4.28. The fraction of sp³-hybridized carbons (Fsp3) is 0.333. The largest absolute Gasteiger partial charge is 0.474 e. The number of hydrogen-bond acceptors (Lipinski definition) is 3. The highest BCUT2D eigenvalue weighted by molar-refractivity contribution is 6.32. The summed E-state index contributed by atoms with van der Waals surface area (Å²) in [5, 5.41) is 0.360. The summed E-state index contributed by atoms with van der Waals surface area (Å²) in [4.78, 5) is 14.3. The molecular weight excluding hydrogens is 190 g/mol. The molecule has 1 heterocycles. The van der Waals surface area contributed by atoms with Crippen LogP contribution in [0.25, 0.3) is 0 Å². The van der Waals surface area contributed by atoms with E-state index in [2.05, 4.69) is 4.98 Å². The van der Waals surface area contributed by atoms with Crippen LogP contribution < -0.4 is 4.74 Å². The molecule has 0 N–H and O–H groups in total. The second kappa shape index (κ2) is 4.23. The zero-order valence-electron chi connectivity index (χ0n) is 7.45. The van der Waals surface area contributed by atoms with E-state index in [1.54, 1.807) is 0 Å². The van der Waals surface area contributed by atoms with Gasteiger partial charge in [-0.1, -0.05) is 11.6 Å². The maximum absolute atomic E-state index is 10.4. The Morgan fingerprint density at radius 3 is 2.77 bits per heavy atom. The normalized spacial score (nSPS) is 10.2. The number of halogens is 1. The Balaban J connectivity index is 2.91. The molecule has 0 aliphatic heterocycles. The van der Waals surface area contributed by atoms with E-state index < -0.39 is 0 Å². The average molecular weight is 200 g/mol. The van der Waals surface area contributed by atoms with E-state index >= 15 is 0 Å². The standard InChI is InChI=1S/C9H10ClNO2/c1-6(2)13-9-8(10)3-7(5-12)4-11-9/h3-6H,1-2H3. The molecule has 70 valence electrons. The lowest BCUT2D eigenvalue weighted by Crippen LogP contribution is -2.07. The Morgan fingerprint density at radius 2 is 2.31 bits per heavy atom. The van der Waals surface area contributed by atoms with Crippen LogP contribution in [0.5, 0.6) is 5.88 Å². The van der Waals surface area contributed by atoms with E-state index in [9.17, 15) is 4.79 Å². The van der Waals surface area contributed by atoms with E-state index in [0.717, 1.165) is 0 Å². The molecule has 1 aromatic rings. The highest BCUT2D eigenvalue weighted by Crippen LogP contribution is 2.22. The van der Waals surface area contributed by atoms with Gasteiger partial charge in [0.15, 0.2) is 6.29 Å². The topological polar surface area (TPSA) is 39.2 Å². The fourth-order valence-electron chi connectivity index (χ4n) is 0.815. The molecule has 0 bridgehead atoms. The summed E-state index contributed by atoms with van der Waals surface area (Å²) < 4.78 is 5.29. The maximum atomic E-state index is 10.4. The number of aldehydes is 1. The molecule has 4 heteroatoms. The van der Waals surface area contributed by atoms with Gasteiger partial charge in [0, 0.05) is 11.8 Å². The lowest BCUT2D eigenvalue weighted by molar-refractivity contribution is 0.112. The molecule has 0 aliphatic carbocycles. The summed E-state index contributed by atoms with van der Waals surface area (Å²) in [5.74, 6) is 0.363. The van der Waals surface area contributed by atoms with Gasteiger partial charge in [-0.3, -0.25) is 4.79 Å². The summed E-state index contributed by atoms with van der Waals surface area (Å²) >= 11 is 5.81. The Hall–Kier alpha value is -1.09. The minimum absolute atomic E-state index is 0.0204. The van der Waals surface area contributed by atoms with Crippen LogP contribution in [0.4, 0.5) is 0 Å². The first kappa shape index (κ1) is 9.99. The average Bonchev–Trinajstić information content (AvgIpc) is 2.08. The van der Waals surface area contributed by atoms with Gasteiger partial charge in [-0.25, -0.2) is 4.98 Å². The van der Waals surface area contributed by atoms with Gasteiger partial charge < -0.3 is 4.74 Å². The molecule has 0 saturated heterocycles. The summed E-state index contributed by atoms with van der Waals surface area (Å²) in [7, 11) is 0. The van der Waals surface area contributed by atoms with Crippen molar-refractivity contribution in [3.63, 3.8) is 0 Å². The van der Waals surface area contributed by atoms with Crippen LogP contribution in [0.15, 0.2) is 12.3 Å². The van der Waals surface area contributed by atoms with Crippen LogP contribution >= 0.6 is 11.6 Å². The van der Waals surface area contributed by atoms with Crippen molar-refractivity contribution in [3.8, 4) is 5.88 Å². The lowest BCUT2D eigenvalue weighted by atomic mass is 10.3. The van der Waals surface area contributed by atoms with Crippen molar-refractivity contribution in [2.24, 2.45) is 0 Å². The molecule has 0 aromatic carbocycles. The number of pyridine rings is 1. The van der Waals surface area contributed by atoms with Crippen LogP contribution in [0.1, 0.15) is 24.2 Å². The Labute approximate surface area is 81.7 Å². The fourth-order valence-corrected chi connectivity index (χ4v) is 1.03. The van der Waals surface area contributed by atoms with Gasteiger partial charge in [-0.2, -0.15) is 0 Å². The van der Waals surface area contributed by atoms with Crippen molar-refractivity contribution < 1.29 is 9.53 Å². The van der Waals surface area contributed by atoms with Gasteiger partial charge in [-0.05, 0) is 19.9 Å². The van der Waals surface area contributed by atoms with Crippen LogP contribution in [0.3, 0.4) is 0 Å². The second-order valence-corrected chi connectivity index (χ2v) is 3.25. The van der Waals surface area contributed by atoms with Gasteiger partial charge in [-0.15, -0.1) is 0 Å². The van der Waals surface area contributed by atoms with Crippen molar-refractivity contribution >= 4 is 17.9 Å². The lowest BCUT2D eigenvalue weighted by Gasteiger charge is -2.09. The summed E-state index contributed by atoms with van der Waals surface area (Å²) in [6, 6.07) is 1.53. The minimum atomic E-state index is 0.0204. The number of aromatic nitrogens is 1. The van der Waals surface area contributed by atoms with Gasteiger partial charge in [0.1, 0.15) is 5.02 Å². The molecule has 1 aromatic heterocycles. The van der Waals surface area contributed by atoms with E-state index in [-0.39, 0.29) is 6.10 Å². The summed E-state index contributed by atoms with van der Waals surface area (Å²) in [6.45, 7) is 3.76. The van der Waals surface area contributed by atoms with Crippen molar-refractivity contribution in [3.05, 3.63) is 22.8 Å². The maximum Gasteiger partial charge on any atom is 0.232 e. The molecule has 0 spiro atoms. The first-order valence-electron chi connectivity index (χ1n) is 3.91. The SMILES string of the molecule is CC(C)Oc1ncc(C=O)cc1Cl. The van der Waals surface area contributed by atoms with Crippen molar-refractivity contribution in [2.45, 2.75) is 20.0 Å². The second-order valence-electron chi connectivity index (χ2n) is 2.84. The molecule has 1 rings (SSSR count). The molecule has 0 fully saturated rings. The first-order chi connectivity index (χ1) is 6.13. The van der Waals surface area contributed by atoms with Gasteiger partial charge in [0.25, 0.3) is 0 Å². The summed E-state index contributed by atoms with van der Waals surface area (Å²) in [6.07, 6.45) is 2.14. The number of ether oxygens (including phenoxy) is 1. The van der Waals surface area contributed by atoms with Crippen LogP contribution in [-0.2, 0) is 0 Å². The number of nitrogens with zero attached hydrogens (tertiary/aromatic N) is 1. The smallest absolute Gasteiger partial charge is 0.232 e. The van der Waals surface area contributed by atoms with Gasteiger partial charge in [0.05, 0.1) is 6.10 Å². The third kappa shape index (κ3) is 2.70. The molecule has 0 radical (unpaired) electrons. The van der Waals surface area contributed by atoms with Crippen molar-refractivity contribution in [1.82, 2.24) is 4.98 Å². The quantitative estimate of drug-likeness (QED) is 0.702. The third-order valence-electron chi connectivity index (χ3n) is 1.31. The molecule has 3 nitrogen and oxygen atoms in total. The number of hydrogen-bond donors (Lipinski definition) is 0. The van der Waals surface area contributed by atoms with Crippen LogP contribution in [0, 0.1) is 0 Å². The van der Waals surface area contributed by atoms with Crippen LogP contribution in [-0.4, -0.2) is 17.4 Å². The molecule has 0 amide bonds. The number of carbonyl (C=O) groups is 1. The number of carbonyl (C=O) groups excluding carboxylic acids is 1. The van der Waals surface area contributed by atoms with E-state index in [1.807, 2.05) is 13.8 Å². The molecule has 0 saturated carbocycles. The molecule has 0 unspecified atom stereocenters. The third-order valence-corrected chi connectivity index (χ3v) is 1.58. The van der Waals surface area contributed by atoms with Crippen molar-refractivity contribution in [2.75, 3.05) is 0 Å². The Morgan fingerprint density at radius 1 is 1.62 bits per heavy atom. The number of rotatable bonds is 3. The predicted octanol–water partition coefficient (Wildman–Crippen LogP) is 2.33. The molecule has 0 atom stereocenters. The minimum Gasteiger partial charge on any atom is -0.474 e. The van der Waals surface area contributed by atoms with Crippen molar-refractivity contribution in [1.29, 1.82) is 0 Å². The highest BCUT2D eigenvalue weighted by Gasteiger charge is 2.05. The predicted molar refractivity (Wildman–Crippen MR) is 50.4 cm³/mol.